The fraction of sp³-hybridized carbons (Fsp3) is 0.364. The van der Waals surface area contributed by atoms with E-state index in [0.29, 0.717) is 6.61 Å². The third-order valence-electron chi connectivity index (χ3n) is 1.68. The van der Waals surface area contributed by atoms with Crippen LogP contribution in [0, 0.1) is 0 Å². The Morgan fingerprint density at radius 1 is 1.40 bits per heavy atom. The summed E-state index contributed by atoms with van der Waals surface area (Å²) in [5.41, 5.74) is 0.897. The summed E-state index contributed by atoms with van der Waals surface area (Å²) in [5, 5.41) is 3.01. The van der Waals surface area contributed by atoms with Gasteiger partial charge in [-0.1, -0.05) is 18.2 Å². The number of para-hydroxylation sites is 1. The van der Waals surface area contributed by atoms with E-state index in [2.05, 4.69) is 10.1 Å². The summed E-state index contributed by atoms with van der Waals surface area (Å²) in [6.45, 7) is 3.79. The number of nitrogens with one attached hydrogen (secondary N) is 1. The average molecular weight is 209 g/mol. The molecule has 4 nitrogen and oxygen atoms in total. The van der Waals surface area contributed by atoms with Crippen molar-refractivity contribution in [2.24, 2.45) is 0 Å². The SMILES string of the molecule is CCOC(=O)OC(C)Nc1ccccc1. The predicted molar refractivity (Wildman–Crippen MR) is 57.6 cm³/mol. The van der Waals surface area contributed by atoms with Crippen molar-refractivity contribution in [3.05, 3.63) is 30.3 Å². The average Bonchev–Trinajstić information content (AvgIpc) is 2.19. The van der Waals surface area contributed by atoms with Gasteiger partial charge in [0.1, 0.15) is 0 Å². The van der Waals surface area contributed by atoms with Crippen molar-refractivity contribution in [2.45, 2.75) is 20.1 Å². The minimum absolute atomic E-state index is 0.316. The molecule has 0 aliphatic rings. The fourth-order valence-electron chi connectivity index (χ4n) is 1.09. The van der Waals surface area contributed by atoms with Crippen LogP contribution in [-0.2, 0) is 9.47 Å². The van der Waals surface area contributed by atoms with Crippen LogP contribution >= 0.6 is 0 Å². The molecule has 0 saturated carbocycles. The maximum atomic E-state index is 11.0. The molecular formula is C11H15NO3. The summed E-state index contributed by atoms with van der Waals surface area (Å²) in [5.74, 6) is 0. The third kappa shape index (κ3) is 4.35. The molecule has 1 rings (SSSR count). The van der Waals surface area contributed by atoms with Gasteiger partial charge in [0.2, 0.25) is 0 Å². The number of hydrogen-bond acceptors (Lipinski definition) is 4. The Labute approximate surface area is 89.2 Å². The van der Waals surface area contributed by atoms with Crippen LogP contribution in [0.3, 0.4) is 0 Å². The highest BCUT2D eigenvalue weighted by Gasteiger charge is 2.08. The van der Waals surface area contributed by atoms with E-state index < -0.39 is 12.4 Å². The molecule has 15 heavy (non-hydrogen) atoms. The maximum absolute atomic E-state index is 11.0. The van der Waals surface area contributed by atoms with Crippen LogP contribution in [0.2, 0.25) is 0 Å². The molecule has 0 fully saturated rings. The first-order valence-electron chi connectivity index (χ1n) is 4.87. The van der Waals surface area contributed by atoms with Crippen molar-refractivity contribution in [1.82, 2.24) is 0 Å². The molecule has 0 aliphatic carbocycles. The molecule has 1 aromatic rings. The number of ether oxygens (including phenoxy) is 2. The lowest BCUT2D eigenvalue weighted by Gasteiger charge is -2.15. The molecule has 0 saturated heterocycles. The predicted octanol–water partition coefficient (Wildman–Crippen LogP) is 2.62. The van der Waals surface area contributed by atoms with E-state index in [-0.39, 0.29) is 0 Å². The zero-order valence-electron chi connectivity index (χ0n) is 8.90. The van der Waals surface area contributed by atoms with Crippen LogP contribution in [0.15, 0.2) is 30.3 Å². The van der Waals surface area contributed by atoms with Crippen molar-refractivity contribution < 1.29 is 14.3 Å². The van der Waals surface area contributed by atoms with E-state index in [0.717, 1.165) is 5.69 Å². The largest absolute Gasteiger partial charge is 0.510 e. The van der Waals surface area contributed by atoms with E-state index in [1.54, 1.807) is 13.8 Å². The van der Waals surface area contributed by atoms with Gasteiger partial charge in [0.05, 0.1) is 6.61 Å². The minimum atomic E-state index is -0.659. The Bertz CT molecular complexity index is 300. The molecule has 4 heteroatoms. The lowest BCUT2D eigenvalue weighted by molar-refractivity contribution is 0.0403. The topological polar surface area (TPSA) is 47.6 Å². The van der Waals surface area contributed by atoms with Crippen LogP contribution in [0.25, 0.3) is 0 Å². The molecule has 0 spiro atoms. The first-order valence-corrected chi connectivity index (χ1v) is 4.87. The van der Waals surface area contributed by atoms with Crippen LogP contribution in [0.1, 0.15) is 13.8 Å². The molecule has 1 unspecified atom stereocenters. The standard InChI is InChI=1S/C11H15NO3/c1-3-14-11(13)15-9(2)12-10-7-5-4-6-8-10/h4-9,12H,3H2,1-2H3. The second-order valence-corrected chi connectivity index (χ2v) is 2.95. The lowest BCUT2D eigenvalue weighted by Crippen LogP contribution is -2.23. The highest BCUT2D eigenvalue weighted by atomic mass is 16.7. The lowest BCUT2D eigenvalue weighted by atomic mass is 10.3. The van der Waals surface area contributed by atoms with Gasteiger partial charge in [0, 0.05) is 5.69 Å². The first kappa shape index (κ1) is 11.4. The van der Waals surface area contributed by atoms with Gasteiger partial charge in [0.15, 0.2) is 6.23 Å². The summed E-state index contributed by atoms with van der Waals surface area (Å²) in [6, 6.07) is 9.51. The second kappa shape index (κ2) is 5.90. The maximum Gasteiger partial charge on any atom is 0.510 e. The Kier molecular flexibility index (Phi) is 4.47. The van der Waals surface area contributed by atoms with E-state index in [1.807, 2.05) is 30.3 Å². The fourth-order valence-corrected chi connectivity index (χ4v) is 1.09. The van der Waals surface area contributed by atoms with Gasteiger partial charge < -0.3 is 14.8 Å². The van der Waals surface area contributed by atoms with Crippen molar-refractivity contribution in [3.8, 4) is 0 Å². The number of anilines is 1. The number of rotatable bonds is 4. The zero-order chi connectivity index (χ0) is 11.1. The van der Waals surface area contributed by atoms with Crippen molar-refractivity contribution in [2.75, 3.05) is 11.9 Å². The monoisotopic (exact) mass is 209 g/mol. The van der Waals surface area contributed by atoms with E-state index in [4.69, 9.17) is 4.74 Å². The minimum Gasteiger partial charge on any atom is -0.435 e. The molecule has 0 aliphatic heterocycles. The molecule has 0 amide bonds. The van der Waals surface area contributed by atoms with Gasteiger partial charge in [-0.25, -0.2) is 4.79 Å². The van der Waals surface area contributed by atoms with Crippen molar-refractivity contribution >= 4 is 11.8 Å². The summed E-state index contributed by atoms with van der Waals surface area (Å²) in [7, 11) is 0. The second-order valence-electron chi connectivity index (χ2n) is 2.95. The van der Waals surface area contributed by atoms with Gasteiger partial charge in [-0.15, -0.1) is 0 Å². The van der Waals surface area contributed by atoms with Crippen LogP contribution < -0.4 is 5.32 Å². The summed E-state index contributed by atoms with van der Waals surface area (Å²) in [6.07, 6.45) is -1.07. The molecule has 1 atom stereocenters. The Balaban J connectivity index is 2.36. The van der Waals surface area contributed by atoms with Gasteiger partial charge in [-0.2, -0.15) is 0 Å². The van der Waals surface area contributed by atoms with Gasteiger partial charge in [-0.3, -0.25) is 0 Å². The van der Waals surface area contributed by atoms with Crippen molar-refractivity contribution in [1.29, 1.82) is 0 Å². The quantitative estimate of drug-likeness (QED) is 0.611. The zero-order valence-corrected chi connectivity index (χ0v) is 8.90. The normalized spacial score (nSPS) is 11.6. The van der Waals surface area contributed by atoms with E-state index >= 15 is 0 Å². The molecular weight excluding hydrogens is 194 g/mol. The summed E-state index contributed by atoms with van der Waals surface area (Å²) in [4.78, 5) is 11.0. The van der Waals surface area contributed by atoms with Crippen LogP contribution in [0.5, 0.6) is 0 Å². The molecule has 0 heterocycles. The van der Waals surface area contributed by atoms with Gasteiger partial charge in [0.25, 0.3) is 0 Å². The molecule has 0 radical (unpaired) electrons. The third-order valence-corrected chi connectivity index (χ3v) is 1.68. The molecule has 0 aromatic heterocycles. The van der Waals surface area contributed by atoms with Gasteiger partial charge >= 0.3 is 6.16 Å². The highest BCUT2D eigenvalue weighted by Crippen LogP contribution is 2.07. The summed E-state index contributed by atoms with van der Waals surface area (Å²) >= 11 is 0. The molecule has 1 aromatic carbocycles. The van der Waals surface area contributed by atoms with Crippen LogP contribution in [0.4, 0.5) is 10.5 Å². The van der Waals surface area contributed by atoms with E-state index in [9.17, 15) is 4.79 Å². The molecule has 0 bridgehead atoms. The number of carbonyl (C=O) groups is 1. The van der Waals surface area contributed by atoms with Crippen LogP contribution in [-0.4, -0.2) is 19.0 Å². The Hall–Kier alpha value is -1.71. The van der Waals surface area contributed by atoms with Crippen molar-refractivity contribution in [3.63, 3.8) is 0 Å². The Morgan fingerprint density at radius 3 is 2.67 bits per heavy atom. The molecule has 82 valence electrons. The Morgan fingerprint density at radius 2 is 2.07 bits per heavy atom. The highest BCUT2D eigenvalue weighted by molar-refractivity contribution is 5.60. The number of carbonyl (C=O) groups excluding carboxylic acids is 1. The summed E-state index contributed by atoms with van der Waals surface area (Å²) < 4.78 is 9.57. The van der Waals surface area contributed by atoms with Gasteiger partial charge in [-0.05, 0) is 26.0 Å². The smallest absolute Gasteiger partial charge is 0.435 e. The van der Waals surface area contributed by atoms with E-state index in [1.165, 1.54) is 0 Å². The number of benzene rings is 1. The molecule has 1 N–H and O–H groups in total. The number of hydrogen-bond donors (Lipinski definition) is 1. The first-order chi connectivity index (χ1) is 7.22.